The molecule has 1 atom stereocenters. The summed E-state index contributed by atoms with van der Waals surface area (Å²) < 4.78 is 7.73. The van der Waals surface area contributed by atoms with Crippen LogP contribution in [0.5, 0.6) is 5.75 Å². The lowest BCUT2D eigenvalue weighted by Gasteiger charge is -2.15. The summed E-state index contributed by atoms with van der Waals surface area (Å²) in [5.41, 5.74) is 2.28. The highest BCUT2D eigenvalue weighted by molar-refractivity contribution is 5.80. The molecule has 0 unspecified atom stereocenters. The van der Waals surface area contributed by atoms with Crippen molar-refractivity contribution in [2.45, 2.75) is 26.0 Å². The molecule has 0 aliphatic heterocycles. The van der Waals surface area contributed by atoms with Gasteiger partial charge in [-0.3, -0.25) is 4.79 Å². The molecule has 0 saturated heterocycles. The Morgan fingerprint density at radius 3 is 2.54 bits per heavy atom. The molecule has 3 aromatic rings. The van der Waals surface area contributed by atoms with Crippen LogP contribution in [0.3, 0.4) is 0 Å². The van der Waals surface area contributed by atoms with Crippen molar-refractivity contribution >= 4 is 5.91 Å². The van der Waals surface area contributed by atoms with Gasteiger partial charge in [0.25, 0.3) is 5.91 Å². The predicted molar refractivity (Wildman–Crippen MR) is 102 cm³/mol. The average Bonchev–Trinajstić information content (AvgIpc) is 3.20. The molecule has 1 amide bonds. The number of aryl methyl sites for hydroxylation is 1. The maximum absolute atomic E-state index is 12.1. The molecule has 0 fully saturated rings. The van der Waals surface area contributed by atoms with Crippen LogP contribution in [-0.2, 0) is 11.3 Å². The number of nitrogens with zero attached hydrogens (tertiary/aromatic N) is 2. The van der Waals surface area contributed by atoms with Crippen LogP contribution in [-0.4, -0.2) is 28.1 Å². The zero-order valence-corrected chi connectivity index (χ0v) is 14.8. The van der Waals surface area contributed by atoms with Crippen LogP contribution in [0, 0.1) is 0 Å². The minimum Gasteiger partial charge on any atom is -0.481 e. The van der Waals surface area contributed by atoms with E-state index in [2.05, 4.69) is 22.4 Å². The maximum atomic E-state index is 12.1. The number of hydrogen-bond donors (Lipinski definition) is 1. The third-order valence-corrected chi connectivity index (χ3v) is 4.10. The van der Waals surface area contributed by atoms with Crippen LogP contribution < -0.4 is 10.1 Å². The number of ether oxygens (including phenoxy) is 1. The van der Waals surface area contributed by atoms with Gasteiger partial charge in [-0.05, 0) is 36.6 Å². The minimum atomic E-state index is -0.536. The molecule has 0 bridgehead atoms. The third kappa shape index (κ3) is 4.96. The van der Waals surface area contributed by atoms with Gasteiger partial charge in [-0.15, -0.1) is 0 Å². The van der Waals surface area contributed by atoms with Crippen molar-refractivity contribution in [3.8, 4) is 16.9 Å². The van der Waals surface area contributed by atoms with Gasteiger partial charge in [-0.2, -0.15) is 0 Å². The van der Waals surface area contributed by atoms with Crippen molar-refractivity contribution in [1.29, 1.82) is 0 Å². The molecular formula is C21H23N3O2. The second-order valence-corrected chi connectivity index (χ2v) is 6.10. The number of carbonyl (C=O) groups excluding carboxylic acids is 1. The zero-order chi connectivity index (χ0) is 18.2. The summed E-state index contributed by atoms with van der Waals surface area (Å²) in [7, 11) is 0. The van der Waals surface area contributed by atoms with Gasteiger partial charge in [0.05, 0.1) is 6.33 Å². The number of benzene rings is 2. The number of imidazole rings is 1. The van der Waals surface area contributed by atoms with E-state index in [4.69, 9.17) is 4.74 Å². The van der Waals surface area contributed by atoms with Gasteiger partial charge in [0.15, 0.2) is 6.10 Å². The summed E-state index contributed by atoms with van der Waals surface area (Å²) in [5, 5.41) is 2.90. The highest BCUT2D eigenvalue weighted by Gasteiger charge is 2.14. The average molecular weight is 349 g/mol. The lowest BCUT2D eigenvalue weighted by Crippen LogP contribution is -2.37. The molecular weight excluding hydrogens is 326 g/mol. The van der Waals surface area contributed by atoms with Crippen molar-refractivity contribution in [3.05, 3.63) is 73.3 Å². The van der Waals surface area contributed by atoms with Gasteiger partial charge in [0, 0.05) is 25.5 Å². The van der Waals surface area contributed by atoms with E-state index in [1.807, 2.05) is 53.2 Å². The van der Waals surface area contributed by atoms with Gasteiger partial charge in [-0.25, -0.2) is 4.98 Å². The summed E-state index contributed by atoms with van der Waals surface area (Å²) >= 11 is 0. The van der Waals surface area contributed by atoms with E-state index in [0.717, 1.165) is 24.1 Å². The van der Waals surface area contributed by atoms with Crippen LogP contribution >= 0.6 is 0 Å². The normalized spacial score (nSPS) is 11.7. The van der Waals surface area contributed by atoms with E-state index in [9.17, 15) is 4.79 Å². The first-order valence-electron chi connectivity index (χ1n) is 8.78. The molecule has 26 heavy (non-hydrogen) atoms. The van der Waals surface area contributed by atoms with E-state index >= 15 is 0 Å². The van der Waals surface area contributed by atoms with E-state index < -0.39 is 6.10 Å². The highest BCUT2D eigenvalue weighted by Crippen LogP contribution is 2.22. The number of carbonyl (C=O) groups is 1. The molecule has 1 heterocycles. The van der Waals surface area contributed by atoms with Crippen molar-refractivity contribution in [2.24, 2.45) is 0 Å². The van der Waals surface area contributed by atoms with Crippen LogP contribution in [0.4, 0.5) is 0 Å². The highest BCUT2D eigenvalue weighted by atomic mass is 16.5. The molecule has 1 N–H and O–H groups in total. The van der Waals surface area contributed by atoms with E-state index in [1.54, 1.807) is 19.4 Å². The standard InChI is InChI=1S/C21H23N3O2/c1-17(21(25)23-12-5-14-24-15-13-22-16-24)26-20-10-8-19(9-11-20)18-6-3-2-4-7-18/h2-4,6-11,13,15-17H,5,12,14H2,1H3,(H,23,25)/t17-/m1/s1. The fraction of sp³-hybridized carbons (Fsp3) is 0.238. The fourth-order valence-corrected chi connectivity index (χ4v) is 2.65. The number of nitrogens with one attached hydrogen (secondary N) is 1. The van der Waals surface area contributed by atoms with E-state index in [1.165, 1.54) is 0 Å². The molecule has 5 heteroatoms. The smallest absolute Gasteiger partial charge is 0.260 e. The summed E-state index contributed by atoms with van der Waals surface area (Å²) in [6.07, 6.45) is 5.74. The molecule has 5 nitrogen and oxygen atoms in total. The molecule has 0 saturated carbocycles. The monoisotopic (exact) mass is 349 g/mol. The van der Waals surface area contributed by atoms with E-state index in [-0.39, 0.29) is 5.91 Å². The Morgan fingerprint density at radius 1 is 1.12 bits per heavy atom. The van der Waals surface area contributed by atoms with Crippen LogP contribution in [0.15, 0.2) is 73.3 Å². The maximum Gasteiger partial charge on any atom is 0.260 e. The quantitative estimate of drug-likeness (QED) is 0.633. The van der Waals surface area contributed by atoms with Crippen molar-refractivity contribution < 1.29 is 9.53 Å². The second-order valence-electron chi connectivity index (χ2n) is 6.10. The first-order chi connectivity index (χ1) is 12.7. The van der Waals surface area contributed by atoms with Crippen molar-refractivity contribution in [1.82, 2.24) is 14.9 Å². The lowest BCUT2D eigenvalue weighted by atomic mass is 10.1. The summed E-state index contributed by atoms with van der Waals surface area (Å²) in [4.78, 5) is 16.1. The topological polar surface area (TPSA) is 56.1 Å². The number of hydrogen-bond acceptors (Lipinski definition) is 3. The Morgan fingerprint density at radius 2 is 1.85 bits per heavy atom. The van der Waals surface area contributed by atoms with E-state index in [0.29, 0.717) is 12.3 Å². The Labute approximate surface area is 153 Å². The number of aromatic nitrogens is 2. The van der Waals surface area contributed by atoms with Gasteiger partial charge < -0.3 is 14.6 Å². The largest absolute Gasteiger partial charge is 0.481 e. The van der Waals surface area contributed by atoms with Crippen molar-refractivity contribution in [3.63, 3.8) is 0 Å². The lowest BCUT2D eigenvalue weighted by molar-refractivity contribution is -0.127. The van der Waals surface area contributed by atoms with Crippen LogP contribution in [0.1, 0.15) is 13.3 Å². The Balaban J connectivity index is 1.44. The molecule has 0 aliphatic carbocycles. The van der Waals surface area contributed by atoms with Crippen molar-refractivity contribution in [2.75, 3.05) is 6.54 Å². The molecule has 0 spiro atoms. The Bertz CT molecular complexity index is 799. The first-order valence-corrected chi connectivity index (χ1v) is 8.78. The fourth-order valence-electron chi connectivity index (χ4n) is 2.65. The summed E-state index contributed by atoms with van der Waals surface area (Å²) in [6.45, 7) is 3.20. The minimum absolute atomic E-state index is 0.109. The van der Waals surface area contributed by atoms with Crippen LogP contribution in [0.25, 0.3) is 11.1 Å². The SMILES string of the molecule is C[C@@H](Oc1ccc(-c2ccccc2)cc1)C(=O)NCCCn1ccnc1. The Kier molecular flexibility index (Phi) is 6.04. The molecule has 1 aromatic heterocycles. The summed E-state index contributed by atoms with van der Waals surface area (Å²) in [6, 6.07) is 17.9. The molecule has 3 rings (SSSR count). The molecule has 0 radical (unpaired) electrons. The van der Waals surface area contributed by atoms with Gasteiger partial charge >= 0.3 is 0 Å². The molecule has 134 valence electrons. The summed E-state index contributed by atoms with van der Waals surface area (Å²) in [5.74, 6) is 0.577. The van der Waals surface area contributed by atoms with Gasteiger partial charge in [0.1, 0.15) is 5.75 Å². The molecule has 2 aromatic carbocycles. The molecule has 0 aliphatic rings. The van der Waals surface area contributed by atoms with Gasteiger partial charge in [0.2, 0.25) is 0 Å². The van der Waals surface area contributed by atoms with Gasteiger partial charge in [-0.1, -0.05) is 42.5 Å². The third-order valence-electron chi connectivity index (χ3n) is 4.10. The first kappa shape index (κ1) is 17.7. The predicted octanol–water partition coefficient (Wildman–Crippen LogP) is 3.52. The Hall–Kier alpha value is -3.08. The second kappa shape index (κ2) is 8.85. The zero-order valence-electron chi connectivity index (χ0n) is 14.8. The number of amides is 1. The number of rotatable bonds is 8. The van der Waals surface area contributed by atoms with Crippen LogP contribution in [0.2, 0.25) is 0 Å².